The fourth-order valence-corrected chi connectivity index (χ4v) is 3.10. The van der Waals surface area contributed by atoms with Gasteiger partial charge in [-0.1, -0.05) is 29.3 Å². The van der Waals surface area contributed by atoms with E-state index in [1.54, 1.807) is 6.07 Å². The summed E-state index contributed by atoms with van der Waals surface area (Å²) in [5.41, 5.74) is -2.64. The van der Waals surface area contributed by atoms with Crippen LogP contribution in [-0.2, 0) is 19.8 Å². The Hall–Kier alpha value is -2.92. The molecule has 3 rings (SSSR count). The molecule has 7 nitrogen and oxygen atoms in total. The van der Waals surface area contributed by atoms with Crippen LogP contribution in [0.15, 0.2) is 30.5 Å². The molecule has 0 spiro atoms. The number of pyridine rings is 1. The number of ether oxygens (including phenoxy) is 1. The minimum Gasteiger partial charge on any atom is -0.482 e. The van der Waals surface area contributed by atoms with Crippen LogP contribution in [0.3, 0.4) is 0 Å². The monoisotopic (exact) mass is 464 g/mol. The number of rotatable bonds is 5. The highest BCUT2D eigenvalue weighted by atomic mass is 35.5. The molecule has 13 heteroatoms. The van der Waals surface area contributed by atoms with Crippen LogP contribution >= 0.6 is 23.2 Å². The topological polar surface area (TPSA) is 83.1 Å². The summed E-state index contributed by atoms with van der Waals surface area (Å²) in [5.74, 6) is -1.53. The Morgan fingerprint density at radius 1 is 1.27 bits per heavy atom. The Morgan fingerprint density at radius 3 is 2.50 bits per heavy atom. The maximum absolute atomic E-state index is 14.7. The summed E-state index contributed by atoms with van der Waals surface area (Å²) in [4.78, 5) is 14.4. The summed E-state index contributed by atoms with van der Waals surface area (Å²) in [6.45, 7) is -0.188. The second-order valence-electron chi connectivity index (χ2n) is 5.97. The zero-order valence-corrected chi connectivity index (χ0v) is 16.4. The Bertz CT molecular complexity index is 1120. The number of nitrogens with zero attached hydrogens (tertiary/aromatic N) is 4. The van der Waals surface area contributed by atoms with E-state index in [2.05, 4.69) is 10.1 Å². The van der Waals surface area contributed by atoms with E-state index >= 15 is 0 Å². The molecule has 0 saturated heterocycles. The van der Waals surface area contributed by atoms with Crippen LogP contribution in [0, 0.1) is 15.9 Å². The molecule has 0 N–H and O–H groups in total. The SMILES string of the molecule is Cn1nc(-c2cc([N+](=O)[O-])c(OCc3ccc(Cl)nc3)cc2F)c(Cl)c1C(F)(F)F. The van der Waals surface area contributed by atoms with Gasteiger partial charge in [-0.05, 0) is 6.07 Å². The quantitative estimate of drug-likeness (QED) is 0.217. The summed E-state index contributed by atoms with van der Waals surface area (Å²) in [7, 11) is 0.974. The predicted octanol–water partition coefficient (Wildman–Crippen LogP) is 5.43. The Morgan fingerprint density at radius 2 is 1.97 bits per heavy atom. The number of aryl methyl sites for hydroxylation is 1. The van der Waals surface area contributed by atoms with Gasteiger partial charge in [0.2, 0.25) is 0 Å². The Balaban J connectivity index is 2.02. The minimum absolute atomic E-state index is 0.188. The zero-order chi connectivity index (χ0) is 22.2. The van der Waals surface area contributed by atoms with Crippen LogP contribution < -0.4 is 4.74 Å². The van der Waals surface area contributed by atoms with Gasteiger partial charge in [-0.15, -0.1) is 0 Å². The van der Waals surface area contributed by atoms with Crippen molar-refractivity contribution in [2.45, 2.75) is 12.8 Å². The molecule has 0 atom stereocenters. The van der Waals surface area contributed by atoms with Crippen LogP contribution in [0.1, 0.15) is 11.3 Å². The second-order valence-corrected chi connectivity index (χ2v) is 6.73. The van der Waals surface area contributed by atoms with Gasteiger partial charge in [0.25, 0.3) is 0 Å². The third-order valence-electron chi connectivity index (χ3n) is 3.94. The first-order valence-electron chi connectivity index (χ1n) is 8.00. The highest BCUT2D eigenvalue weighted by Gasteiger charge is 2.39. The molecule has 0 radical (unpaired) electrons. The van der Waals surface area contributed by atoms with Crippen molar-refractivity contribution >= 4 is 28.9 Å². The molecule has 2 aromatic heterocycles. The third kappa shape index (κ3) is 4.31. The van der Waals surface area contributed by atoms with E-state index in [4.69, 9.17) is 27.9 Å². The van der Waals surface area contributed by atoms with Gasteiger partial charge in [0.05, 0.1) is 9.95 Å². The van der Waals surface area contributed by atoms with Gasteiger partial charge in [-0.2, -0.15) is 18.3 Å². The molecular weight excluding hydrogens is 455 g/mol. The maximum Gasteiger partial charge on any atom is 0.434 e. The number of aromatic nitrogens is 3. The molecular formula is C17H10Cl2F4N4O3. The molecule has 0 fully saturated rings. The van der Waals surface area contributed by atoms with E-state index in [1.165, 1.54) is 12.3 Å². The molecule has 0 aliphatic heterocycles. The highest BCUT2D eigenvalue weighted by molar-refractivity contribution is 6.33. The lowest BCUT2D eigenvalue weighted by Crippen LogP contribution is -2.12. The molecule has 1 aromatic carbocycles. The molecule has 0 saturated carbocycles. The molecule has 0 amide bonds. The smallest absolute Gasteiger partial charge is 0.434 e. The predicted molar refractivity (Wildman–Crippen MR) is 98.8 cm³/mol. The van der Waals surface area contributed by atoms with E-state index in [1.807, 2.05) is 0 Å². The number of nitro benzene ring substituents is 1. The average Bonchev–Trinajstić information content (AvgIpc) is 2.95. The van der Waals surface area contributed by atoms with E-state index in [0.717, 1.165) is 13.1 Å². The van der Waals surface area contributed by atoms with Gasteiger partial charge >= 0.3 is 11.9 Å². The Kier molecular flexibility index (Phi) is 5.86. The van der Waals surface area contributed by atoms with Gasteiger partial charge in [0.1, 0.15) is 23.3 Å². The normalized spacial score (nSPS) is 11.6. The van der Waals surface area contributed by atoms with Crippen molar-refractivity contribution in [2.24, 2.45) is 7.05 Å². The van der Waals surface area contributed by atoms with E-state index < -0.39 is 50.3 Å². The van der Waals surface area contributed by atoms with Crippen molar-refractivity contribution in [3.63, 3.8) is 0 Å². The van der Waals surface area contributed by atoms with Crippen molar-refractivity contribution in [2.75, 3.05) is 0 Å². The molecule has 0 aliphatic carbocycles. The first-order chi connectivity index (χ1) is 14.0. The summed E-state index contributed by atoms with van der Waals surface area (Å²) in [6.07, 6.45) is -3.49. The number of benzene rings is 1. The molecule has 158 valence electrons. The molecule has 2 heterocycles. The second kappa shape index (κ2) is 8.07. The van der Waals surface area contributed by atoms with E-state index in [9.17, 15) is 27.7 Å². The van der Waals surface area contributed by atoms with Crippen molar-refractivity contribution in [3.05, 3.63) is 67.8 Å². The summed E-state index contributed by atoms with van der Waals surface area (Å²) in [6, 6.07) is 4.44. The number of hydrogen-bond acceptors (Lipinski definition) is 5. The zero-order valence-electron chi connectivity index (χ0n) is 14.9. The minimum atomic E-state index is -4.85. The number of hydrogen-bond donors (Lipinski definition) is 0. The number of nitro groups is 1. The molecule has 0 bridgehead atoms. The lowest BCUT2D eigenvalue weighted by atomic mass is 10.1. The average molecular weight is 465 g/mol. The summed E-state index contributed by atoms with van der Waals surface area (Å²) in [5, 5.41) is 14.4. The summed E-state index contributed by atoms with van der Waals surface area (Å²) >= 11 is 11.4. The van der Waals surface area contributed by atoms with Gasteiger partial charge in [-0.3, -0.25) is 14.8 Å². The first-order valence-corrected chi connectivity index (χ1v) is 8.76. The van der Waals surface area contributed by atoms with Gasteiger partial charge in [-0.25, -0.2) is 9.37 Å². The van der Waals surface area contributed by atoms with Crippen molar-refractivity contribution in [1.82, 2.24) is 14.8 Å². The Labute approximate surface area is 176 Å². The van der Waals surface area contributed by atoms with Crippen molar-refractivity contribution < 1.29 is 27.2 Å². The van der Waals surface area contributed by atoms with Crippen LogP contribution in [-0.4, -0.2) is 19.7 Å². The van der Waals surface area contributed by atoms with Crippen molar-refractivity contribution in [1.29, 1.82) is 0 Å². The molecule has 0 aliphatic rings. The van der Waals surface area contributed by atoms with Crippen LogP contribution in [0.25, 0.3) is 11.3 Å². The van der Waals surface area contributed by atoms with E-state index in [0.29, 0.717) is 16.3 Å². The van der Waals surface area contributed by atoms with E-state index in [-0.39, 0.29) is 11.8 Å². The molecule has 0 unspecified atom stereocenters. The lowest BCUT2D eigenvalue weighted by molar-refractivity contribution is -0.385. The van der Waals surface area contributed by atoms with Gasteiger partial charge in [0, 0.05) is 36.5 Å². The van der Waals surface area contributed by atoms with Crippen LogP contribution in [0.5, 0.6) is 5.75 Å². The van der Waals surface area contributed by atoms with Crippen molar-refractivity contribution in [3.8, 4) is 17.0 Å². The molecule has 30 heavy (non-hydrogen) atoms. The van der Waals surface area contributed by atoms with Crippen LogP contribution in [0.2, 0.25) is 10.2 Å². The summed E-state index contributed by atoms with van der Waals surface area (Å²) < 4.78 is 59.7. The number of halogens is 6. The lowest BCUT2D eigenvalue weighted by Gasteiger charge is -2.09. The highest BCUT2D eigenvalue weighted by Crippen LogP contribution is 2.42. The molecule has 3 aromatic rings. The standard InChI is InChI=1S/C17H10Cl2F4N4O3/c1-26-16(17(21,22)23)14(19)15(25-26)9-4-11(27(28)29)12(5-10(9)20)30-7-8-2-3-13(18)24-6-8/h2-6H,7H2,1H3. The first kappa shape index (κ1) is 21.8. The fraction of sp³-hybridized carbons (Fsp3) is 0.176. The largest absolute Gasteiger partial charge is 0.482 e. The van der Waals surface area contributed by atoms with Gasteiger partial charge in [0.15, 0.2) is 11.4 Å². The fourth-order valence-electron chi connectivity index (χ4n) is 2.61. The van der Waals surface area contributed by atoms with Crippen LogP contribution in [0.4, 0.5) is 23.2 Å². The maximum atomic E-state index is 14.7. The third-order valence-corrected chi connectivity index (χ3v) is 4.52. The van der Waals surface area contributed by atoms with Gasteiger partial charge < -0.3 is 4.74 Å². The number of alkyl halides is 3.